The molecule has 6 nitrogen and oxygen atoms in total. The van der Waals surface area contributed by atoms with Crippen LogP contribution in [0.3, 0.4) is 0 Å². The average Bonchev–Trinajstić information content (AvgIpc) is 3.80. The summed E-state index contributed by atoms with van der Waals surface area (Å²) in [5.41, 5.74) is 17.0. The second-order valence-electron chi connectivity index (χ2n) is 16.2. The van der Waals surface area contributed by atoms with Gasteiger partial charge in [-0.05, 0) is 57.3 Å². The summed E-state index contributed by atoms with van der Waals surface area (Å²) in [6.07, 6.45) is 7.52. The van der Waals surface area contributed by atoms with Gasteiger partial charge in [0.2, 0.25) is 0 Å². The molecule has 0 unspecified atom stereocenters. The van der Waals surface area contributed by atoms with Crippen molar-refractivity contribution in [1.82, 2.24) is 30.4 Å². The maximum Gasteiger partial charge on any atom is 0.0992 e. The van der Waals surface area contributed by atoms with E-state index in [-0.39, 0.29) is 0 Å². The topological polar surface area (TPSA) is 77.3 Å². The highest BCUT2D eigenvalue weighted by Crippen LogP contribution is 2.57. The van der Waals surface area contributed by atoms with Gasteiger partial charge >= 0.3 is 0 Å². The van der Waals surface area contributed by atoms with E-state index < -0.39 is 0 Å². The van der Waals surface area contributed by atoms with E-state index in [0.717, 1.165) is 110 Å². The van der Waals surface area contributed by atoms with E-state index in [2.05, 4.69) is 186 Å². The Morgan fingerprint density at radius 2 is 0.836 bits per heavy atom. The summed E-state index contributed by atoms with van der Waals surface area (Å²) in [7, 11) is 0. The van der Waals surface area contributed by atoms with E-state index in [0.29, 0.717) is 5.69 Å². The van der Waals surface area contributed by atoms with E-state index in [1.807, 2.05) is 48.9 Å². The first-order valence-corrected chi connectivity index (χ1v) is 23.0. The number of nitrogens with zero attached hydrogens (tertiary/aromatic N) is 6. The van der Waals surface area contributed by atoms with Gasteiger partial charge in [-0.3, -0.25) is 15.0 Å². The van der Waals surface area contributed by atoms with Gasteiger partial charge in [0.25, 0.3) is 0 Å². The fourth-order valence-electron chi connectivity index (χ4n) is 9.52. The van der Waals surface area contributed by atoms with Crippen molar-refractivity contribution in [2.24, 2.45) is 0 Å². The standard InChI is InChI=1S/C60H38N6S/c1-6-20-39(21-7-1)44-31-18-35-61-57(44)52-47(41-24-10-3-11-25-41)38-63-59(54(52)48-34-37-64-66-65-48)56-50(42-26-12-4-13-27-42)55(58-45(32-19-36-62-58)40-22-8-2-9-23-40)51(43-28-14-5-15-29-43)60-53(56)46-30-16-17-33-49(46)67-60/h1-38H. The van der Waals surface area contributed by atoms with Crippen molar-refractivity contribution in [1.29, 1.82) is 0 Å². The van der Waals surface area contributed by atoms with Crippen LogP contribution in [0, 0.1) is 0 Å². The molecule has 0 N–H and O–H groups in total. The first-order valence-electron chi connectivity index (χ1n) is 22.2. The van der Waals surface area contributed by atoms with Gasteiger partial charge in [-0.25, -0.2) is 0 Å². The zero-order chi connectivity index (χ0) is 44.5. The minimum absolute atomic E-state index is 0.623. The molecule has 67 heavy (non-hydrogen) atoms. The Kier molecular flexibility index (Phi) is 10.3. The fraction of sp³-hybridized carbons (Fsp3) is 0. The molecule has 7 aromatic carbocycles. The predicted molar refractivity (Wildman–Crippen MR) is 275 cm³/mol. The molecule has 0 radical (unpaired) electrons. The Morgan fingerprint density at radius 1 is 0.328 bits per heavy atom. The molecule has 5 aromatic heterocycles. The number of aromatic nitrogens is 6. The highest BCUT2D eigenvalue weighted by atomic mass is 32.1. The van der Waals surface area contributed by atoms with E-state index in [1.165, 1.54) is 4.70 Å². The van der Waals surface area contributed by atoms with Crippen molar-refractivity contribution in [3.8, 4) is 101 Å². The SMILES string of the molecule is c1ccc(-c2cccnc2-c2c(-c3ccccc3)cnc(-c3c(-c4ccccc4)c(-c4ncccc4-c4ccccc4)c(-c4ccccc4)c4sc5ccccc5c34)c2-c2ccnnn2)cc1. The van der Waals surface area contributed by atoms with Crippen molar-refractivity contribution in [3.63, 3.8) is 0 Å². The van der Waals surface area contributed by atoms with Crippen molar-refractivity contribution in [3.05, 3.63) is 231 Å². The number of rotatable bonds is 9. The second-order valence-corrected chi connectivity index (χ2v) is 17.3. The van der Waals surface area contributed by atoms with Gasteiger partial charge in [0.15, 0.2) is 0 Å². The van der Waals surface area contributed by atoms with Crippen LogP contribution in [0.4, 0.5) is 0 Å². The van der Waals surface area contributed by atoms with Gasteiger partial charge in [-0.1, -0.05) is 182 Å². The van der Waals surface area contributed by atoms with Crippen LogP contribution in [0.15, 0.2) is 231 Å². The minimum atomic E-state index is 0.623. The molecule has 314 valence electrons. The molecule has 7 heteroatoms. The normalized spacial score (nSPS) is 11.3. The molecule has 0 atom stereocenters. The lowest BCUT2D eigenvalue weighted by Gasteiger charge is -2.25. The lowest BCUT2D eigenvalue weighted by Crippen LogP contribution is -2.04. The van der Waals surface area contributed by atoms with E-state index in [1.54, 1.807) is 17.5 Å². The molecule has 5 heterocycles. The molecular weight excluding hydrogens is 837 g/mol. The Labute approximate surface area is 391 Å². The molecule has 0 saturated heterocycles. The summed E-state index contributed by atoms with van der Waals surface area (Å²) in [5.74, 6) is 0. The summed E-state index contributed by atoms with van der Waals surface area (Å²) < 4.78 is 2.30. The third kappa shape index (κ3) is 7.06. The fourth-order valence-corrected chi connectivity index (χ4v) is 10.8. The zero-order valence-corrected chi connectivity index (χ0v) is 36.8. The van der Waals surface area contributed by atoms with Crippen LogP contribution in [0.1, 0.15) is 0 Å². The average molecular weight is 875 g/mol. The van der Waals surface area contributed by atoms with Crippen LogP contribution >= 0.6 is 11.3 Å². The summed E-state index contributed by atoms with van der Waals surface area (Å²) >= 11 is 1.80. The van der Waals surface area contributed by atoms with Gasteiger partial charge in [0.05, 0.1) is 29.0 Å². The van der Waals surface area contributed by atoms with E-state index >= 15 is 0 Å². The first-order chi connectivity index (χ1) is 33.3. The number of pyridine rings is 3. The first kappa shape index (κ1) is 39.8. The predicted octanol–water partition coefficient (Wildman–Crippen LogP) is 15.4. The molecule has 0 amide bonds. The quantitative estimate of drug-likeness (QED) is 0.144. The number of benzene rings is 7. The number of hydrogen-bond donors (Lipinski definition) is 0. The molecule has 0 aliphatic carbocycles. The summed E-state index contributed by atoms with van der Waals surface area (Å²) in [4.78, 5) is 16.4. The van der Waals surface area contributed by atoms with Gasteiger partial charge in [-0.15, -0.1) is 21.5 Å². The highest BCUT2D eigenvalue weighted by molar-refractivity contribution is 7.26. The number of fused-ring (bicyclic) bond motifs is 3. The molecule has 0 spiro atoms. The molecule has 0 bridgehead atoms. The maximum absolute atomic E-state index is 5.70. The summed E-state index contributed by atoms with van der Waals surface area (Å²) in [6, 6.07) is 72.0. The lowest BCUT2D eigenvalue weighted by atomic mass is 9.79. The van der Waals surface area contributed by atoms with Crippen molar-refractivity contribution >= 4 is 31.5 Å². The number of hydrogen-bond acceptors (Lipinski definition) is 7. The monoisotopic (exact) mass is 874 g/mol. The smallest absolute Gasteiger partial charge is 0.0992 e. The maximum atomic E-state index is 5.70. The summed E-state index contributed by atoms with van der Waals surface area (Å²) in [5, 5.41) is 15.6. The van der Waals surface area contributed by atoms with Crippen LogP contribution in [0.2, 0.25) is 0 Å². The lowest BCUT2D eigenvalue weighted by molar-refractivity contribution is 0.870. The molecule has 0 aliphatic rings. The van der Waals surface area contributed by atoms with Crippen LogP contribution < -0.4 is 0 Å². The minimum Gasteiger partial charge on any atom is -0.256 e. The second kappa shape index (κ2) is 17.3. The molecule has 12 aromatic rings. The molecule has 0 saturated carbocycles. The van der Waals surface area contributed by atoms with Gasteiger partial charge in [-0.2, -0.15) is 0 Å². The Balaban J connectivity index is 1.35. The van der Waals surface area contributed by atoms with Crippen LogP contribution in [-0.4, -0.2) is 30.4 Å². The van der Waals surface area contributed by atoms with Crippen LogP contribution in [-0.2, 0) is 0 Å². The van der Waals surface area contributed by atoms with Gasteiger partial charge in [0.1, 0.15) is 0 Å². The Morgan fingerprint density at radius 3 is 1.40 bits per heavy atom. The van der Waals surface area contributed by atoms with Crippen LogP contribution in [0.5, 0.6) is 0 Å². The van der Waals surface area contributed by atoms with Gasteiger partial charge < -0.3 is 0 Å². The largest absolute Gasteiger partial charge is 0.256 e. The molecular formula is C60H38N6S. The summed E-state index contributed by atoms with van der Waals surface area (Å²) in [6.45, 7) is 0. The Hall–Kier alpha value is -8.78. The van der Waals surface area contributed by atoms with Crippen molar-refractivity contribution in [2.75, 3.05) is 0 Å². The number of thiophene rings is 1. The zero-order valence-electron chi connectivity index (χ0n) is 36.0. The van der Waals surface area contributed by atoms with Crippen LogP contribution in [0.25, 0.3) is 121 Å². The van der Waals surface area contributed by atoms with E-state index in [4.69, 9.17) is 20.1 Å². The molecule has 0 fully saturated rings. The highest BCUT2D eigenvalue weighted by Gasteiger charge is 2.33. The third-order valence-electron chi connectivity index (χ3n) is 12.4. The van der Waals surface area contributed by atoms with Gasteiger partial charge in [0, 0.05) is 88.8 Å². The molecule has 12 rings (SSSR count). The van der Waals surface area contributed by atoms with E-state index in [9.17, 15) is 0 Å². The molecule has 0 aliphatic heterocycles. The Bertz CT molecular complexity index is 3720. The van der Waals surface area contributed by atoms with Crippen molar-refractivity contribution < 1.29 is 0 Å². The van der Waals surface area contributed by atoms with Crippen molar-refractivity contribution in [2.45, 2.75) is 0 Å². The third-order valence-corrected chi connectivity index (χ3v) is 13.6.